The van der Waals surface area contributed by atoms with Gasteiger partial charge < -0.3 is 15.1 Å². The monoisotopic (exact) mass is 239 g/mol. The Balaban J connectivity index is 2.25. The number of nitrogens with one attached hydrogen (secondary N) is 1. The Labute approximate surface area is 106 Å². The molecule has 3 heterocycles. The van der Waals surface area contributed by atoms with Crippen LogP contribution in [0.1, 0.15) is 17.0 Å². The van der Waals surface area contributed by atoms with Crippen LogP contribution in [0.15, 0.2) is 36.4 Å². The second-order valence-electron chi connectivity index (χ2n) is 4.68. The lowest BCUT2D eigenvalue weighted by Gasteiger charge is -2.05. The molecule has 0 spiro atoms. The maximum atomic E-state index is 5.73. The van der Waals surface area contributed by atoms with Crippen LogP contribution in [0.3, 0.4) is 0 Å². The zero-order valence-electron chi connectivity index (χ0n) is 10.7. The summed E-state index contributed by atoms with van der Waals surface area (Å²) in [6.45, 7) is 4.76. The summed E-state index contributed by atoms with van der Waals surface area (Å²) < 4.78 is 2.26. The zero-order chi connectivity index (χ0) is 12.7. The lowest BCUT2D eigenvalue weighted by molar-refractivity contribution is 1.04. The van der Waals surface area contributed by atoms with Crippen molar-refractivity contribution in [2.24, 2.45) is 5.73 Å². The average Bonchev–Trinajstić information content (AvgIpc) is 2.93. The van der Waals surface area contributed by atoms with E-state index in [0.29, 0.717) is 6.54 Å². The first-order chi connectivity index (χ1) is 8.70. The van der Waals surface area contributed by atoms with Crippen LogP contribution in [0.5, 0.6) is 0 Å². The van der Waals surface area contributed by atoms with E-state index in [9.17, 15) is 0 Å². The van der Waals surface area contributed by atoms with E-state index in [2.05, 4.69) is 59.6 Å². The molecule has 92 valence electrons. The minimum atomic E-state index is 0.574. The molecule has 18 heavy (non-hydrogen) atoms. The van der Waals surface area contributed by atoms with Crippen LogP contribution in [0.2, 0.25) is 0 Å². The molecular formula is C15H17N3. The molecule has 0 atom stereocenters. The van der Waals surface area contributed by atoms with Gasteiger partial charge in [-0.3, -0.25) is 0 Å². The quantitative estimate of drug-likeness (QED) is 0.709. The number of aromatic amines is 1. The molecule has 0 saturated heterocycles. The van der Waals surface area contributed by atoms with E-state index in [1.54, 1.807) is 0 Å². The molecule has 3 rings (SSSR count). The van der Waals surface area contributed by atoms with Gasteiger partial charge in [0.25, 0.3) is 0 Å². The molecule has 0 radical (unpaired) electrons. The van der Waals surface area contributed by atoms with Crippen molar-refractivity contribution in [1.82, 2.24) is 9.38 Å². The normalized spacial score (nSPS) is 11.3. The fourth-order valence-electron chi connectivity index (χ4n) is 2.50. The highest BCUT2D eigenvalue weighted by Crippen LogP contribution is 2.25. The fourth-order valence-corrected chi connectivity index (χ4v) is 2.50. The standard InChI is InChI=1S/C15H17N3/c1-10-4-3-5-13-6-7-15(18(10)13)14-8-12(9-16)11(2)17-14/h3-8,17H,9,16H2,1-2H3. The molecule has 3 heteroatoms. The van der Waals surface area contributed by atoms with Crippen LogP contribution < -0.4 is 5.73 Å². The van der Waals surface area contributed by atoms with E-state index in [4.69, 9.17) is 5.73 Å². The molecule has 3 N–H and O–H groups in total. The van der Waals surface area contributed by atoms with Gasteiger partial charge in [0.15, 0.2) is 0 Å². The lowest BCUT2D eigenvalue weighted by Crippen LogP contribution is -1.95. The van der Waals surface area contributed by atoms with Gasteiger partial charge in [-0.25, -0.2) is 0 Å². The summed E-state index contributed by atoms with van der Waals surface area (Å²) in [6, 6.07) is 12.8. The van der Waals surface area contributed by atoms with E-state index in [1.807, 2.05) is 0 Å². The molecule has 0 bridgehead atoms. The number of H-pyrrole nitrogens is 1. The summed E-state index contributed by atoms with van der Waals surface area (Å²) in [4.78, 5) is 3.42. The van der Waals surface area contributed by atoms with Gasteiger partial charge in [-0.1, -0.05) is 6.07 Å². The molecule has 0 aliphatic carbocycles. The number of aromatic nitrogens is 2. The van der Waals surface area contributed by atoms with Crippen molar-refractivity contribution in [2.45, 2.75) is 20.4 Å². The first-order valence-corrected chi connectivity index (χ1v) is 6.16. The Morgan fingerprint density at radius 1 is 1.17 bits per heavy atom. The molecule has 0 aliphatic rings. The predicted octanol–water partition coefficient (Wildman–Crippen LogP) is 3.01. The van der Waals surface area contributed by atoms with Gasteiger partial charge in [0.2, 0.25) is 0 Å². The number of hydrogen-bond donors (Lipinski definition) is 2. The number of pyridine rings is 1. The van der Waals surface area contributed by atoms with Crippen LogP contribution in [-0.2, 0) is 6.54 Å². The largest absolute Gasteiger partial charge is 0.357 e. The van der Waals surface area contributed by atoms with Gasteiger partial charge in [-0.05, 0) is 49.7 Å². The zero-order valence-corrected chi connectivity index (χ0v) is 10.7. The van der Waals surface area contributed by atoms with Crippen molar-refractivity contribution >= 4 is 5.52 Å². The highest BCUT2D eigenvalue weighted by molar-refractivity contribution is 5.66. The van der Waals surface area contributed by atoms with Crippen molar-refractivity contribution in [2.75, 3.05) is 0 Å². The smallest absolute Gasteiger partial charge is 0.0694 e. The first kappa shape index (κ1) is 11.1. The van der Waals surface area contributed by atoms with Gasteiger partial charge >= 0.3 is 0 Å². The third-order valence-electron chi connectivity index (χ3n) is 3.49. The number of rotatable bonds is 2. The highest BCUT2D eigenvalue weighted by Gasteiger charge is 2.10. The number of aryl methyl sites for hydroxylation is 2. The van der Waals surface area contributed by atoms with E-state index in [0.717, 1.165) is 11.4 Å². The van der Waals surface area contributed by atoms with Gasteiger partial charge in [0, 0.05) is 23.4 Å². The Morgan fingerprint density at radius 3 is 2.72 bits per heavy atom. The van der Waals surface area contributed by atoms with Gasteiger partial charge in [-0.15, -0.1) is 0 Å². The molecule has 0 aliphatic heterocycles. The third-order valence-corrected chi connectivity index (χ3v) is 3.49. The number of nitrogens with two attached hydrogens (primary N) is 1. The Bertz CT molecular complexity index is 704. The van der Waals surface area contributed by atoms with Crippen LogP contribution in [0.25, 0.3) is 16.9 Å². The molecule has 0 aromatic carbocycles. The van der Waals surface area contributed by atoms with Crippen molar-refractivity contribution in [3.63, 3.8) is 0 Å². The molecule has 0 unspecified atom stereocenters. The molecule has 3 nitrogen and oxygen atoms in total. The molecule has 3 aromatic heterocycles. The maximum Gasteiger partial charge on any atom is 0.0694 e. The third kappa shape index (κ3) is 1.56. The summed E-state index contributed by atoms with van der Waals surface area (Å²) in [5, 5.41) is 0. The maximum absolute atomic E-state index is 5.73. The second kappa shape index (κ2) is 4.03. The fraction of sp³-hybridized carbons (Fsp3) is 0.200. The van der Waals surface area contributed by atoms with Crippen LogP contribution in [0.4, 0.5) is 0 Å². The van der Waals surface area contributed by atoms with Crippen molar-refractivity contribution in [3.8, 4) is 11.4 Å². The highest BCUT2D eigenvalue weighted by atomic mass is 14.9. The summed E-state index contributed by atoms with van der Waals surface area (Å²) >= 11 is 0. The number of nitrogens with zero attached hydrogens (tertiary/aromatic N) is 1. The Kier molecular flexibility index (Phi) is 2.49. The second-order valence-corrected chi connectivity index (χ2v) is 4.68. The number of fused-ring (bicyclic) bond motifs is 1. The SMILES string of the molecule is Cc1[nH]c(-c2ccc3cccc(C)n23)cc1CN. The minimum Gasteiger partial charge on any atom is -0.357 e. The van der Waals surface area contributed by atoms with Gasteiger partial charge in [0.05, 0.1) is 11.4 Å². The predicted molar refractivity (Wildman–Crippen MR) is 74.5 cm³/mol. The van der Waals surface area contributed by atoms with Crippen molar-refractivity contribution in [1.29, 1.82) is 0 Å². The lowest BCUT2D eigenvalue weighted by atomic mass is 10.2. The Hall–Kier alpha value is -2.00. The summed E-state index contributed by atoms with van der Waals surface area (Å²) in [5.41, 5.74) is 12.8. The number of hydrogen-bond acceptors (Lipinski definition) is 1. The van der Waals surface area contributed by atoms with Gasteiger partial charge in [-0.2, -0.15) is 0 Å². The molecule has 3 aromatic rings. The summed E-state index contributed by atoms with van der Waals surface area (Å²) in [7, 11) is 0. The summed E-state index contributed by atoms with van der Waals surface area (Å²) in [5.74, 6) is 0. The van der Waals surface area contributed by atoms with E-state index in [-0.39, 0.29) is 0 Å². The van der Waals surface area contributed by atoms with Gasteiger partial charge in [0.1, 0.15) is 0 Å². The molecular weight excluding hydrogens is 222 g/mol. The molecule has 0 amide bonds. The van der Waals surface area contributed by atoms with Crippen LogP contribution >= 0.6 is 0 Å². The first-order valence-electron chi connectivity index (χ1n) is 6.16. The van der Waals surface area contributed by atoms with Crippen LogP contribution in [-0.4, -0.2) is 9.38 Å². The van der Waals surface area contributed by atoms with Crippen molar-refractivity contribution < 1.29 is 0 Å². The topological polar surface area (TPSA) is 46.2 Å². The summed E-state index contributed by atoms with van der Waals surface area (Å²) in [6.07, 6.45) is 0. The van der Waals surface area contributed by atoms with Crippen LogP contribution in [0, 0.1) is 13.8 Å². The average molecular weight is 239 g/mol. The Morgan fingerprint density at radius 2 is 2.00 bits per heavy atom. The van der Waals surface area contributed by atoms with E-state index in [1.165, 1.54) is 22.5 Å². The minimum absolute atomic E-state index is 0.574. The molecule has 0 saturated carbocycles. The molecule has 0 fully saturated rings. The van der Waals surface area contributed by atoms with E-state index < -0.39 is 0 Å². The van der Waals surface area contributed by atoms with E-state index >= 15 is 0 Å². The van der Waals surface area contributed by atoms with Crippen molar-refractivity contribution in [3.05, 3.63) is 53.3 Å².